The molecule has 3 aromatic rings. The quantitative estimate of drug-likeness (QED) is 0.419. The Morgan fingerprint density at radius 2 is 2.06 bits per heavy atom. The number of alkyl halides is 3. The minimum atomic E-state index is -3.79. The molecule has 2 aromatic heterocycles. The van der Waals surface area contributed by atoms with E-state index in [4.69, 9.17) is 16.6 Å². The Hall–Kier alpha value is -3.74. The molecule has 35 heavy (non-hydrogen) atoms. The Bertz CT molecular complexity index is 1260. The van der Waals surface area contributed by atoms with Crippen molar-refractivity contribution in [3.05, 3.63) is 72.7 Å². The van der Waals surface area contributed by atoms with E-state index < -0.39 is 5.57 Å². The molecule has 4 rings (SSSR count). The molecule has 0 saturated carbocycles. The number of hydrogen-bond donors (Lipinski definition) is 2. The van der Waals surface area contributed by atoms with Gasteiger partial charge in [0.05, 0.1) is 5.56 Å². The van der Waals surface area contributed by atoms with Gasteiger partial charge >= 0.3 is 5.57 Å². The largest absolute Gasteiger partial charge is 0.487 e. The third-order valence-electron chi connectivity index (χ3n) is 5.62. The lowest BCUT2D eigenvalue weighted by Crippen LogP contribution is -2.22. The first kappa shape index (κ1) is 24.4. The first-order valence-corrected chi connectivity index (χ1v) is 11.2. The Balaban J connectivity index is 1.62. The summed E-state index contributed by atoms with van der Waals surface area (Å²) in [5, 5.41) is 22.0. The van der Waals surface area contributed by atoms with E-state index in [9.17, 15) is 19.1 Å². The van der Waals surface area contributed by atoms with Gasteiger partial charge in [0.15, 0.2) is 0 Å². The minimum absolute atomic E-state index is 0.0776. The highest BCUT2D eigenvalue weighted by atomic mass is 35.5. The third kappa shape index (κ3) is 6.04. The van der Waals surface area contributed by atoms with E-state index in [-0.39, 0.29) is 18.3 Å². The summed E-state index contributed by atoms with van der Waals surface area (Å²) in [5.41, 5.74) is -0.0251. The van der Waals surface area contributed by atoms with Gasteiger partial charge in [0.25, 0.3) is 0 Å². The Morgan fingerprint density at radius 3 is 2.71 bits per heavy atom. The first-order chi connectivity index (χ1) is 16.8. The fourth-order valence-corrected chi connectivity index (χ4v) is 3.98. The number of rotatable bonds is 8. The number of anilines is 2. The average molecular weight is 498 g/mol. The number of aliphatic hydroxyl groups is 1. The average Bonchev–Trinajstić information content (AvgIpc) is 3.33. The lowest BCUT2D eigenvalue weighted by Gasteiger charge is -2.22. The Morgan fingerprint density at radius 1 is 1.29 bits per heavy atom. The monoisotopic (exact) mass is 497 g/mol. The summed E-state index contributed by atoms with van der Waals surface area (Å²) in [6.45, 7) is 5.63. The first-order valence-electron chi connectivity index (χ1n) is 10.8. The SMILES string of the molecule is C=C(Nc1ccc(OC(F)(F)Cl)cc1)c1cnc(N2CC[C@H](CO)C2)c(-c2cncc(C#N)c2)c1. The van der Waals surface area contributed by atoms with Crippen molar-refractivity contribution in [3.63, 3.8) is 0 Å². The lowest BCUT2D eigenvalue weighted by atomic mass is 10.0. The van der Waals surface area contributed by atoms with E-state index in [0.29, 0.717) is 29.1 Å². The van der Waals surface area contributed by atoms with Gasteiger partial charge in [-0.05, 0) is 42.8 Å². The molecule has 2 N–H and O–H groups in total. The molecule has 10 heteroatoms. The third-order valence-corrected chi connectivity index (χ3v) is 5.70. The molecule has 1 saturated heterocycles. The lowest BCUT2D eigenvalue weighted by molar-refractivity contribution is -0.0964. The summed E-state index contributed by atoms with van der Waals surface area (Å²) >= 11 is 4.80. The van der Waals surface area contributed by atoms with Crippen LogP contribution in [0, 0.1) is 17.2 Å². The molecule has 0 radical (unpaired) electrons. The maximum Gasteiger partial charge on any atom is 0.487 e. The van der Waals surface area contributed by atoms with E-state index in [0.717, 1.165) is 29.9 Å². The van der Waals surface area contributed by atoms with Crippen molar-refractivity contribution in [3.8, 4) is 22.9 Å². The number of ether oxygens (including phenoxy) is 1. The molecular formula is C25H22ClF2N5O2. The highest BCUT2D eigenvalue weighted by molar-refractivity contribution is 6.20. The zero-order valence-electron chi connectivity index (χ0n) is 18.6. The number of nitrogens with zero attached hydrogens (tertiary/aromatic N) is 4. The topological polar surface area (TPSA) is 94.3 Å². The van der Waals surface area contributed by atoms with Crippen molar-refractivity contribution in [2.24, 2.45) is 5.92 Å². The van der Waals surface area contributed by atoms with Gasteiger partial charge in [-0.2, -0.15) is 5.26 Å². The van der Waals surface area contributed by atoms with Crippen LogP contribution in [0.1, 0.15) is 17.5 Å². The van der Waals surface area contributed by atoms with Crippen LogP contribution in [0.2, 0.25) is 0 Å². The molecule has 0 amide bonds. The number of nitriles is 1. The molecule has 3 heterocycles. The Kier molecular flexibility index (Phi) is 7.15. The number of aromatic nitrogens is 2. The van der Waals surface area contributed by atoms with Crippen molar-refractivity contribution < 1.29 is 18.6 Å². The van der Waals surface area contributed by atoms with Crippen LogP contribution in [-0.4, -0.2) is 40.3 Å². The summed E-state index contributed by atoms with van der Waals surface area (Å²) in [5.74, 6) is 0.833. The second-order valence-corrected chi connectivity index (χ2v) is 8.57. The molecule has 1 fully saturated rings. The second-order valence-electron chi connectivity index (χ2n) is 8.13. The van der Waals surface area contributed by atoms with Crippen LogP contribution in [0.15, 0.2) is 61.6 Å². The molecular weight excluding hydrogens is 476 g/mol. The van der Waals surface area contributed by atoms with E-state index in [1.807, 2.05) is 6.07 Å². The molecule has 7 nitrogen and oxygen atoms in total. The highest BCUT2D eigenvalue weighted by Gasteiger charge is 2.28. The zero-order valence-corrected chi connectivity index (χ0v) is 19.3. The van der Waals surface area contributed by atoms with Crippen LogP contribution in [0.25, 0.3) is 16.8 Å². The van der Waals surface area contributed by atoms with Crippen LogP contribution < -0.4 is 15.0 Å². The van der Waals surface area contributed by atoms with Gasteiger partial charge in [-0.15, -0.1) is 8.78 Å². The number of halogens is 3. The summed E-state index contributed by atoms with van der Waals surface area (Å²) in [6.07, 6.45) is 5.71. The number of hydrogen-bond acceptors (Lipinski definition) is 7. The van der Waals surface area contributed by atoms with Gasteiger partial charge in [-0.3, -0.25) is 4.98 Å². The van der Waals surface area contributed by atoms with Crippen LogP contribution in [0.4, 0.5) is 20.3 Å². The van der Waals surface area contributed by atoms with E-state index in [1.165, 1.54) is 18.3 Å². The van der Waals surface area contributed by atoms with Crippen LogP contribution >= 0.6 is 11.6 Å². The molecule has 1 aromatic carbocycles. The predicted molar refractivity (Wildman–Crippen MR) is 130 cm³/mol. The zero-order chi connectivity index (χ0) is 25.0. The van der Waals surface area contributed by atoms with Crippen molar-refractivity contribution in [2.45, 2.75) is 12.0 Å². The van der Waals surface area contributed by atoms with Gasteiger partial charge in [0.2, 0.25) is 0 Å². The minimum Gasteiger partial charge on any atom is -0.420 e. The summed E-state index contributed by atoms with van der Waals surface area (Å²) in [6, 6.07) is 11.6. The fourth-order valence-electron chi connectivity index (χ4n) is 3.90. The number of benzene rings is 1. The Labute approximate surface area is 206 Å². The molecule has 1 aliphatic rings. The fraction of sp³-hybridized carbons (Fsp3) is 0.240. The maximum atomic E-state index is 12.8. The molecule has 0 unspecified atom stereocenters. The van der Waals surface area contributed by atoms with Crippen molar-refractivity contribution in [1.82, 2.24) is 9.97 Å². The van der Waals surface area contributed by atoms with Crippen LogP contribution in [-0.2, 0) is 0 Å². The van der Waals surface area contributed by atoms with Gasteiger partial charge in [-0.1, -0.05) is 6.58 Å². The molecule has 180 valence electrons. The van der Waals surface area contributed by atoms with E-state index in [1.54, 1.807) is 30.6 Å². The summed E-state index contributed by atoms with van der Waals surface area (Å²) < 4.78 is 30.0. The van der Waals surface area contributed by atoms with E-state index in [2.05, 4.69) is 32.6 Å². The number of aliphatic hydroxyl groups excluding tert-OH is 1. The van der Waals surface area contributed by atoms with Gasteiger partial charge in [-0.25, -0.2) is 4.98 Å². The van der Waals surface area contributed by atoms with Crippen molar-refractivity contribution in [1.29, 1.82) is 5.26 Å². The summed E-state index contributed by atoms with van der Waals surface area (Å²) in [4.78, 5) is 11.0. The van der Waals surface area contributed by atoms with Crippen LogP contribution in [0.5, 0.6) is 5.75 Å². The normalized spacial score (nSPS) is 15.5. The number of nitrogens with one attached hydrogen (secondary N) is 1. The predicted octanol–water partition coefficient (Wildman–Crippen LogP) is 5.08. The highest BCUT2D eigenvalue weighted by Crippen LogP contribution is 2.34. The standard InChI is InChI=1S/C25H22ClF2N5O2/c1-16(32-21-2-4-22(5-3-21)35-25(26,27)28)19-9-23(20-8-18(10-29)11-30-12-20)24(31-13-19)33-7-6-17(14-33)15-34/h2-5,8-9,11-13,17,32,34H,1,6-7,14-15H2/t17-/m0/s1. The van der Waals surface area contributed by atoms with Crippen molar-refractivity contribution in [2.75, 3.05) is 29.9 Å². The second kappa shape index (κ2) is 10.3. The van der Waals surface area contributed by atoms with Crippen LogP contribution in [0.3, 0.4) is 0 Å². The molecule has 0 bridgehead atoms. The van der Waals surface area contributed by atoms with E-state index >= 15 is 0 Å². The molecule has 0 spiro atoms. The molecule has 1 aliphatic heterocycles. The van der Waals surface area contributed by atoms with Gasteiger partial charge in [0, 0.05) is 83.9 Å². The molecule has 0 aliphatic carbocycles. The summed E-state index contributed by atoms with van der Waals surface area (Å²) in [7, 11) is 0. The molecule has 1 atom stereocenters. The smallest absolute Gasteiger partial charge is 0.420 e. The van der Waals surface area contributed by atoms with Gasteiger partial charge in [0.1, 0.15) is 17.6 Å². The maximum absolute atomic E-state index is 12.8. The number of pyridine rings is 2. The van der Waals surface area contributed by atoms with Gasteiger partial charge < -0.3 is 20.1 Å². The van der Waals surface area contributed by atoms with Crippen molar-refractivity contribution >= 4 is 28.8 Å².